The van der Waals surface area contributed by atoms with E-state index in [0.717, 1.165) is 11.1 Å². The first kappa shape index (κ1) is 11.5. The van der Waals surface area contributed by atoms with Crippen molar-refractivity contribution in [1.82, 2.24) is 15.0 Å². The van der Waals surface area contributed by atoms with Gasteiger partial charge in [-0.15, -0.1) is 0 Å². The predicted octanol–water partition coefficient (Wildman–Crippen LogP) is 1.27. The lowest BCUT2D eigenvalue weighted by Gasteiger charge is -2.12. The fourth-order valence-electron chi connectivity index (χ4n) is 1.54. The Morgan fingerprint density at radius 1 is 1.35 bits per heavy atom. The van der Waals surface area contributed by atoms with Gasteiger partial charge >= 0.3 is 0 Å². The van der Waals surface area contributed by atoms with E-state index in [1.165, 1.54) is 13.4 Å². The Kier molecular flexibility index (Phi) is 3.30. The number of aromatic nitrogens is 3. The number of pyridine rings is 1. The zero-order chi connectivity index (χ0) is 12.3. The zero-order valence-corrected chi connectivity index (χ0v) is 9.66. The van der Waals surface area contributed by atoms with Gasteiger partial charge in [0.25, 0.3) is 0 Å². The van der Waals surface area contributed by atoms with Crippen molar-refractivity contribution >= 4 is 0 Å². The third-order valence-corrected chi connectivity index (χ3v) is 2.53. The van der Waals surface area contributed by atoms with Crippen molar-refractivity contribution in [2.24, 2.45) is 0 Å². The molecule has 5 nitrogen and oxygen atoms in total. The maximum atomic E-state index is 10.2. The molecule has 0 aliphatic rings. The van der Waals surface area contributed by atoms with Gasteiger partial charge in [-0.2, -0.15) is 0 Å². The summed E-state index contributed by atoms with van der Waals surface area (Å²) in [6.45, 7) is 1.92. The van der Waals surface area contributed by atoms with Gasteiger partial charge in [-0.25, -0.2) is 9.97 Å². The van der Waals surface area contributed by atoms with E-state index in [-0.39, 0.29) is 0 Å². The van der Waals surface area contributed by atoms with Crippen LogP contribution < -0.4 is 4.74 Å². The number of hydrogen-bond donors (Lipinski definition) is 1. The average Bonchev–Trinajstić information content (AvgIpc) is 2.38. The fourth-order valence-corrected chi connectivity index (χ4v) is 1.54. The summed E-state index contributed by atoms with van der Waals surface area (Å²) in [6, 6.07) is 3.45. The van der Waals surface area contributed by atoms with Crippen LogP contribution in [-0.4, -0.2) is 27.2 Å². The van der Waals surface area contributed by atoms with Gasteiger partial charge in [-0.3, -0.25) is 4.98 Å². The van der Waals surface area contributed by atoms with Crippen LogP contribution in [0.4, 0.5) is 0 Å². The molecule has 1 unspecified atom stereocenters. The van der Waals surface area contributed by atoms with E-state index in [9.17, 15) is 5.11 Å². The SMILES string of the molecule is COc1cc(C(O)c2cnccc2C)ncn1. The lowest BCUT2D eigenvalue weighted by atomic mass is 10.0. The van der Waals surface area contributed by atoms with Crippen LogP contribution >= 0.6 is 0 Å². The highest BCUT2D eigenvalue weighted by Gasteiger charge is 2.15. The highest BCUT2D eigenvalue weighted by Crippen LogP contribution is 2.23. The van der Waals surface area contributed by atoms with Crippen LogP contribution in [0.3, 0.4) is 0 Å². The summed E-state index contributed by atoms with van der Waals surface area (Å²) in [5.41, 5.74) is 2.19. The Morgan fingerprint density at radius 2 is 2.18 bits per heavy atom. The number of aliphatic hydroxyl groups excluding tert-OH is 1. The second-order valence-electron chi connectivity index (χ2n) is 3.62. The molecule has 0 fully saturated rings. The number of methoxy groups -OCH3 is 1. The lowest BCUT2D eigenvalue weighted by molar-refractivity contribution is 0.213. The van der Waals surface area contributed by atoms with Gasteiger partial charge in [0.1, 0.15) is 12.4 Å². The van der Waals surface area contributed by atoms with Crippen molar-refractivity contribution in [1.29, 1.82) is 0 Å². The fraction of sp³-hybridized carbons (Fsp3) is 0.250. The Morgan fingerprint density at radius 3 is 2.88 bits per heavy atom. The molecule has 2 rings (SSSR count). The summed E-state index contributed by atoms with van der Waals surface area (Å²) in [4.78, 5) is 11.9. The minimum Gasteiger partial charge on any atom is -0.481 e. The molecule has 0 spiro atoms. The monoisotopic (exact) mass is 231 g/mol. The molecule has 0 amide bonds. The van der Waals surface area contributed by atoms with Crippen LogP contribution in [0, 0.1) is 6.92 Å². The van der Waals surface area contributed by atoms with Crippen LogP contribution in [-0.2, 0) is 0 Å². The minimum atomic E-state index is -0.819. The number of ether oxygens (including phenoxy) is 1. The van der Waals surface area contributed by atoms with Crippen LogP contribution in [0.25, 0.3) is 0 Å². The summed E-state index contributed by atoms with van der Waals surface area (Å²) >= 11 is 0. The molecule has 0 bridgehead atoms. The molecule has 2 aromatic rings. The number of aryl methyl sites for hydroxylation is 1. The number of rotatable bonds is 3. The van der Waals surface area contributed by atoms with Crippen molar-refractivity contribution in [3.8, 4) is 5.88 Å². The smallest absolute Gasteiger partial charge is 0.216 e. The molecule has 17 heavy (non-hydrogen) atoms. The maximum absolute atomic E-state index is 10.2. The third kappa shape index (κ3) is 2.39. The van der Waals surface area contributed by atoms with Crippen molar-refractivity contribution in [3.63, 3.8) is 0 Å². The number of aliphatic hydroxyl groups is 1. The Bertz CT molecular complexity index is 517. The van der Waals surface area contributed by atoms with Crippen molar-refractivity contribution < 1.29 is 9.84 Å². The van der Waals surface area contributed by atoms with Gasteiger partial charge in [-0.05, 0) is 18.6 Å². The van der Waals surface area contributed by atoms with Crippen LogP contribution in [0.5, 0.6) is 5.88 Å². The molecule has 0 aromatic carbocycles. The van der Waals surface area contributed by atoms with Gasteiger partial charge in [0.05, 0.1) is 12.8 Å². The number of nitrogens with zero attached hydrogens (tertiary/aromatic N) is 3. The third-order valence-electron chi connectivity index (χ3n) is 2.53. The molecular weight excluding hydrogens is 218 g/mol. The van der Waals surface area contributed by atoms with E-state index < -0.39 is 6.10 Å². The molecule has 0 saturated heterocycles. The highest BCUT2D eigenvalue weighted by atomic mass is 16.5. The van der Waals surface area contributed by atoms with Crippen LogP contribution in [0.1, 0.15) is 22.9 Å². The van der Waals surface area contributed by atoms with Crippen LogP contribution in [0.15, 0.2) is 30.9 Å². The van der Waals surface area contributed by atoms with Gasteiger partial charge in [0.15, 0.2) is 0 Å². The van der Waals surface area contributed by atoms with E-state index in [1.54, 1.807) is 18.5 Å². The normalized spacial score (nSPS) is 12.2. The Balaban J connectivity index is 2.37. The highest BCUT2D eigenvalue weighted by molar-refractivity contribution is 5.30. The Hall–Kier alpha value is -2.01. The Labute approximate surface area is 99.2 Å². The largest absolute Gasteiger partial charge is 0.481 e. The topological polar surface area (TPSA) is 68.1 Å². The van der Waals surface area contributed by atoms with Gasteiger partial charge in [-0.1, -0.05) is 0 Å². The molecule has 2 aromatic heterocycles. The molecule has 0 radical (unpaired) electrons. The summed E-state index contributed by atoms with van der Waals surface area (Å²) in [5, 5.41) is 10.2. The first-order valence-corrected chi connectivity index (χ1v) is 5.17. The summed E-state index contributed by atoms with van der Waals surface area (Å²) in [7, 11) is 1.52. The predicted molar refractivity (Wildman–Crippen MR) is 61.6 cm³/mol. The van der Waals surface area contributed by atoms with E-state index in [0.29, 0.717) is 11.6 Å². The minimum absolute atomic E-state index is 0.426. The van der Waals surface area contributed by atoms with Gasteiger partial charge in [0, 0.05) is 24.0 Å². The summed E-state index contributed by atoms with van der Waals surface area (Å²) in [5.74, 6) is 0.426. The quantitative estimate of drug-likeness (QED) is 0.861. The van der Waals surface area contributed by atoms with Crippen LogP contribution in [0.2, 0.25) is 0 Å². The molecule has 1 atom stereocenters. The maximum Gasteiger partial charge on any atom is 0.216 e. The first-order chi connectivity index (χ1) is 8.22. The first-order valence-electron chi connectivity index (χ1n) is 5.17. The van der Waals surface area contributed by atoms with E-state index in [2.05, 4.69) is 15.0 Å². The molecule has 5 heteroatoms. The van der Waals surface area contributed by atoms with E-state index in [1.807, 2.05) is 13.0 Å². The summed E-state index contributed by atoms with van der Waals surface area (Å²) < 4.78 is 4.99. The van der Waals surface area contributed by atoms with Crippen molar-refractivity contribution in [2.75, 3.05) is 7.11 Å². The molecule has 0 aliphatic carbocycles. The molecule has 88 valence electrons. The lowest BCUT2D eigenvalue weighted by Crippen LogP contribution is -2.05. The second-order valence-corrected chi connectivity index (χ2v) is 3.62. The molecule has 0 saturated carbocycles. The van der Waals surface area contributed by atoms with Crippen molar-refractivity contribution in [2.45, 2.75) is 13.0 Å². The molecule has 2 heterocycles. The molecule has 0 aliphatic heterocycles. The average molecular weight is 231 g/mol. The zero-order valence-electron chi connectivity index (χ0n) is 9.66. The van der Waals surface area contributed by atoms with E-state index >= 15 is 0 Å². The standard InChI is InChI=1S/C12H13N3O2/c1-8-3-4-13-6-9(8)12(16)10-5-11(17-2)15-7-14-10/h3-7,12,16H,1-2H3. The molecular formula is C12H13N3O2. The second kappa shape index (κ2) is 4.88. The van der Waals surface area contributed by atoms with E-state index in [4.69, 9.17) is 4.74 Å². The van der Waals surface area contributed by atoms with Gasteiger partial charge in [0.2, 0.25) is 5.88 Å². The van der Waals surface area contributed by atoms with Crippen molar-refractivity contribution in [3.05, 3.63) is 47.7 Å². The molecule has 1 N–H and O–H groups in total. The number of hydrogen-bond acceptors (Lipinski definition) is 5. The summed E-state index contributed by atoms with van der Waals surface area (Å²) in [6.07, 6.45) is 3.87. The van der Waals surface area contributed by atoms with Gasteiger partial charge < -0.3 is 9.84 Å².